The van der Waals surface area contributed by atoms with Crippen LogP contribution in [0.1, 0.15) is 52.6 Å². The standard InChI is InChI=1S/C29H30N6O3.2ClH/c1-18-21(12-13-26(30)34-18)15-33-28(37)23-14-25(36)24-17-32-27(29(38)35(23)24)31-16-22(19-8-4-2-5-9-19)20-10-6-3-7-11-20;;/h2-13,17,22-23,25,36H,14-16H2,1H3,(H2,30,34)(H,31,32)(H,33,37);2*1H/t23-,25+;;/m0../s1. The Morgan fingerprint density at radius 2 is 1.68 bits per heavy atom. The topological polar surface area (TPSA) is 135 Å². The van der Waals surface area contributed by atoms with E-state index in [1.807, 2.05) is 49.4 Å². The number of pyridine rings is 1. The Labute approximate surface area is 244 Å². The third kappa shape index (κ3) is 6.44. The maximum Gasteiger partial charge on any atom is 0.294 e. The van der Waals surface area contributed by atoms with Crippen LogP contribution in [-0.4, -0.2) is 32.1 Å². The number of rotatable bonds is 8. The fraction of sp³-hybridized carbons (Fsp3) is 0.241. The normalized spacial score (nSPS) is 15.5. The van der Waals surface area contributed by atoms with Crippen molar-refractivity contribution >= 4 is 42.4 Å². The molecule has 9 nitrogen and oxygen atoms in total. The van der Waals surface area contributed by atoms with Gasteiger partial charge in [-0.25, -0.2) is 9.97 Å². The average Bonchev–Trinajstić information content (AvgIpc) is 3.27. The van der Waals surface area contributed by atoms with E-state index < -0.39 is 17.7 Å². The van der Waals surface area contributed by atoms with Crippen molar-refractivity contribution in [1.82, 2.24) is 19.9 Å². The van der Waals surface area contributed by atoms with Gasteiger partial charge in [0, 0.05) is 31.1 Å². The highest BCUT2D eigenvalue weighted by Gasteiger charge is 2.36. The molecule has 2 atom stereocenters. The zero-order valence-corrected chi connectivity index (χ0v) is 23.5. The van der Waals surface area contributed by atoms with Crippen molar-refractivity contribution in [1.29, 1.82) is 0 Å². The van der Waals surface area contributed by atoms with E-state index >= 15 is 0 Å². The quantitative estimate of drug-likeness (QED) is 0.247. The van der Waals surface area contributed by atoms with E-state index in [9.17, 15) is 14.7 Å². The van der Waals surface area contributed by atoms with Gasteiger partial charge in [-0.1, -0.05) is 66.7 Å². The van der Waals surface area contributed by atoms with Crippen molar-refractivity contribution in [2.75, 3.05) is 17.6 Å². The van der Waals surface area contributed by atoms with Gasteiger partial charge in [-0.15, -0.1) is 24.8 Å². The summed E-state index contributed by atoms with van der Waals surface area (Å²) in [5.74, 6) is 0.172. The summed E-state index contributed by atoms with van der Waals surface area (Å²) >= 11 is 0. The monoisotopic (exact) mass is 582 g/mol. The number of aliphatic hydroxyl groups is 1. The molecule has 210 valence electrons. The van der Waals surface area contributed by atoms with Crippen LogP contribution in [0.2, 0.25) is 0 Å². The summed E-state index contributed by atoms with van der Waals surface area (Å²) in [5, 5.41) is 16.6. The first-order valence-corrected chi connectivity index (χ1v) is 12.6. The van der Waals surface area contributed by atoms with E-state index in [0.717, 1.165) is 22.4 Å². The number of nitrogens with two attached hydrogens (primary N) is 1. The van der Waals surface area contributed by atoms with E-state index in [4.69, 9.17) is 5.73 Å². The summed E-state index contributed by atoms with van der Waals surface area (Å²) < 4.78 is 1.35. The van der Waals surface area contributed by atoms with Gasteiger partial charge in [0.15, 0.2) is 5.82 Å². The number of nitrogens with one attached hydrogen (secondary N) is 2. The molecule has 5 N–H and O–H groups in total. The molecule has 4 aromatic rings. The second-order valence-electron chi connectivity index (χ2n) is 9.43. The summed E-state index contributed by atoms with van der Waals surface area (Å²) in [6, 6.07) is 22.7. The lowest BCUT2D eigenvalue weighted by Crippen LogP contribution is -2.36. The number of carbonyl (C=O) groups is 1. The van der Waals surface area contributed by atoms with Crippen LogP contribution >= 0.6 is 24.8 Å². The first kappa shape index (κ1) is 30.6. The fourth-order valence-electron chi connectivity index (χ4n) is 4.92. The Hall–Kier alpha value is -3.92. The number of aliphatic hydroxyl groups excluding tert-OH is 1. The number of nitrogens with zero attached hydrogens (tertiary/aromatic N) is 3. The van der Waals surface area contributed by atoms with E-state index in [-0.39, 0.29) is 55.4 Å². The maximum atomic E-state index is 13.5. The summed E-state index contributed by atoms with van der Waals surface area (Å²) in [4.78, 5) is 35.2. The molecule has 2 aromatic carbocycles. The molecule has 0 fully saturated rings. The highest BCUT2D eigenvalue weighted by Crippen LogP contribution is 2.33. The molecule has 1 amide bonds. The molecule has 3 heterocycles. The maximum absolute atomic E-state index is 13.5. The van der Waals surface area contributed by atoms with Gasteiger partial charge in [-0.05, 0) is 29.7 Å². The SMILES string of the molecule is Cc1nc(N)ccc1CNC(=O)[C@@H]1C[C@@H](O)c2cnc(NCC(c3ccccc3)c3ccccc3)c(=O)n21.Cl.Cl. The molecular weight excluding hydrogens is 551 g/mol. The van der Waals surface area contributed by atoms with Gasteiger partial charge in [-0.3, -0.25) is 14.2 Å². The number of aromatic nitrogens is 3. The Kier molecular flexibility index (Phi) is 10.3. The molecule has 0 saturated carbocycles. The molecule has 1 aliphatic rings. The van der Waals surface area contributed by atoms with Crippen molar-refractivity contribution < 1.29 is 9.90 Å². The smallest absolute Gasteiger partial charge is 0.294 e. The van der Waals surface area contributed by atoms with Crippen molar-refractivity contribution in [3.05, 3.63) is 117 Å². The summed E-state index contributed by atoms with van der Waals surface area (Å²) in [5.41, 5.74) is 9.35. The van der Waals surface area contributed by atoms with Crippen LogP contribution in [0, 0.1) is 6.92 Å². The molecule has 0 aliphatic carbocycles. The number of aryl methyl sites for hydroxylation is 1. The van der Waals surface area contributed by atoms with E-state index in [2.05, 4.69) is 44.9 Å². The third-order valence-electron chi connectivity index (χ3n) is 6.98. The van der Waals surface area contributed by atoms with Crippen molar-refractivity contribution in [2.45, 2.75) is 38.0 Å². The number of nitrogen functional groups attached to an aromatic ring is 1. The summed E-state index contributed by atoms with van der Waals surface area (Å²) in [7, 11) is 0. The van der Waals surface area contributed by atoms with Gasteiger partial charge >= 0.3 is 0 Å². The molecule has 0 spiro atoms. The zero-order valence-electron chi connectivity index (χ0n) is 21.9. The van der Waals surface area contributed by atoms with Crippen LogP contribution in [-0.2, 0) is 11.3 Å². The predicted molar refractivity (Wildman–Crippen MR) is 160 cm³/mol. The molecule has 5 rings (SSSR count). The predicted octanol–water partition coefficient (Wildman–Crippen LogP) is 3.91. The van der Waals surface area contributed by atoms with Gasteiger partial charge < -0.3 is 21.5 Å². The van der Waals surface area contributed by atoms with Crippen LogP contribution in [0.5, 0.6) is 0 Å². The van der Waals surface area contributed by atoms with Crippen LogP contribution in [0.4, 0.5) is 11.6 Å². The average molecular weight is 584 g/mol. The largest absolute Gasteiger partial charge is 0.387 e. The first-order chi connectivity index (χ1) is 18.4. The molecule has 1 aliphatic heterocycles. The molecule has 40 heavy (non-hydrogen) atoms. The lowest BCUT2D eigenvalue weighted by molar-refractivity contribution is -0.124. The number of amides is 1. The number of hydrogen-bond acceptors (Lipinski definition) is 7. The second-order valence-corrected chi connectivity index (χ2v) is 9.43. The van der Waals surface area contributed by atoms with Crippen LogP contribution in [0.3, 0.4) is 0 Å². The van der Waals surface area contributed by atoms with Gasteiger partial charge in [-0.2, -0.15) is 0 Å². The van der Waals surface area contributed by atoms with E-state index in [0.29, 0.717) is 18.1 Å². The van der Waals surface area contributed by atoms with Crippen molar-refractivity contribution in [3.63, 3.8) is 0 Å². The molecule has 2 aromatic heterocycles. The molecule has 0 bridgehead atoms. The molecule has 0 unspecified atom stereocenters. The Balaban J connectivity index is 0.00000220. The second kappa shape index (κ2) is 13.4. The molecular formula is C29H32Cl2N6O3. The van der Waals surface area contributed by atoms with Crippen LogP contribution in [0.15, 0.2) is 83.8 Å². The van der Waals surface area contributed by atoms with Gasteiger partial charge in [0.2, 0.25) is 5.91 Å². The fourth-order valence-corrected chi connectivity index (χ4v) is 4.92. The Morgan fingerprint density at radius 1 is 1.05 bits per heavy atom. The summed E-state index contributed by atoms with van der Waals surface area (Å²) in [6.07, 6.45) is 0.610. The van der Waals surface area contributed by atoms with E-state index in [1.54, 1.807) is 6.07 Å². The number of hydrogen-bond donors (Lipinski definition) is 4. The van der Waals surface area contributed by atoms with Crippen molar-refractivity contribution in [3.8, 4) is 0 Å². The van der Waals surface area contributed by atoms with Crippen LogP contribution in [0.25, 0.3) is 0 Å². The van der Waals surface area contributed by atoms with Crippen LogP contribution < -0.4 is 21.9 Å². The van der Waals surface area contributed by atoms with Gasteiger partial charge in [0.25, 0.3) is 5.56 Å². The number of halogens is 2. The molecule has 0 saturated heterocycles. The van der Waals surface area contributed by atoms with Gasteiger partial charge in [0.05, 0.1) is 18.0 Å². The third-order valence-corrected chi connectivity index (χ3v) is 6.98. The minimum absolute atomic E-state index is 0. The minimum Gasteiger partial charge on any atom is -0.387 e. The number of fused-ring (bicyclic) bond motifs is 1. The lowest BCUT2D eigenvalue weighted by atomic mass is 9.91. The summed E-state index contributed by atoms with van der Waals surface area (Å²) in [6.45, 7) is 2.48. The highest BCUT2D eigenvalue weighted by atomic mass is 35.5. The van der Waals surface area contributed by atoms with E-state index in [1.165, 1.54) is 10.8 Å². The minimum atomic E-state index is -0.957. The Morgan fingerprint density at radius 3 is 2.27 bits per heavy atom. The number of anilines is 2. The highest BCUT2D eigenvalue weighted by molar-refractivity contribution is 5.85. The molecule has 11 heteroatoms. The molecule has 0 radical (unpaired) electrons. The number of carbonyl (C=O) groups excluding carboxylic acids is 1. The Bertz CT molecular complexity index is 1460. The zero-order chi connectivity index (χ0) is 26.6. The number of benzene rings is 2. The lowest BCUT2D eigenvalue weighted by Gasteiger charge is -2.20. The first-order valence-electron chi connectivity index (χ1n) is 12.6. The van der Waals surface area contributed by atoms with Gasteiger partial charge in [0.1, 0.15) is 11.9 Å². The van der Waals surface area contributed by atoms with Crippen molar-refractivity contribution in [2.24, 2.45) is 0 Å².